The van der Waals surface area contributed by atoms with Crippen molar-refractivity contribution in [2.45, 2.75) is 31.9 Å². The van der Waals surface area contributed by atoms with Crippen molar-refractivity contribution in [1.29, 1.82) is 0 Å². The number of amides is 2. The highest BCUT2D eigenvalue weighted by Crippen LogP contribution is 2.32. The predicted molar refractivity (Wildman–Crippen MR) is 98.6 cm³/mol. The monoisotopic (exact) mass is 409 g/mol. The van der Waals surface area contributed by atoms with Gasteiger partial charge in [0.2, 0.25) is 5.91 Å². The molecule has 6 nitrogen and oxygen atoms in total. The number of carbonyl (C=O) groups is 2. The molecule has 1 saturated carbocycles. The van der Waals surface area contributed by atoms with E-state index in [-0.39, 0.29) is 22.2 Å². The molecule has 4 rings (SSSR count). The Morgan fingerprint density at radius 1 is 1.32 bits per heavy atom. The summed E-state index contributed by atoms with van der Waals surface area (Å²) < 4.78 is 29.2. The van der Waals surface area contributed by atoms with E-state index in [0.717, 1.165) is 19.4 Å². The predicted octanol–water partition coefficient (Wildman–Crippen LogP) is 3.23. The zero-order valence-electron chi connectivity index (χ0n) is 14.8. The lowest BCUT2D eigenvalue weighted by atomic mass is 10.1. The highest BCUT2D eigenvalue weighted by atomic mass is 35.5. The first-order valence-electron chi connectivity index (χ1n) is 9.04. The molecular weight excluding hydrogens is 392 g/mol. The first-order valence-corrected chi connectivity index (χ1v) is 9.42. The Kier molecular flexibility index (Phi) is 5.05. The molecule has 148 valence electrons. The number of alkyl halides is 2. The summed E-state index contributed by atoms with van der Waals surface area (Å²) in [5, 5.41) is 3.26. The van der Waals surface area contributed by atoms with Gasteiger partial charge in [0.05, 0.1) is 16.1 Å². The molecule has 0 radical (unpaired) electrons. The number of ether oxygens (including phenoxy) is 1. The van der Waals surface area contributed by atoms with Crippen LogP contribution < -0.4 is 10.1 Å². The Hall–Kier alpha value is -2.48. The Morgan fingerprint density at radius 3 is 2.82 bits per heavy atom. The first kappa shape index (κ1) is 18.9. The van der Waals surface area contributed by atoms with Gasteiger partial charge in [-0.05, 0) is 37.3 Å². The highest BCUT2D eigenvalue weighted by Gasteiger charge is 2.36. The maximum Gasteiger partial charge on any atom is 0.387 e. The Labute approximate surface area is 164 Å². The van der Waals surface area contributed by atoms with Crippen molar-refractivity contribution in [2.75, 3.05) is 13.1 Å². The van der Waals surface area contributed by atoms with Crippen LogP contribution in [0.3, 0.4) is 0 Å². The Morgan fingerprint density at radius 2 is 2.11 bits per heavy atom. The molecule has 1 aliphatic carbocycles. The second-order valence-corrected chi connectivity index (χ2v) is 7.53. The van der Waals surface area contributed by atoms with Crippen LogP contribution in [-0.2, 0) is 4.79 Å². The lowest BCUT2D eigenvalue weighted by Gasteiger charge is -2.16. The Bertz CT molecular complexity index is 936. The lowest BCUT2D eigenvalue weighted by molar-refractivity contribution is -0.129. The number of pyridine rings is 1. The summed E-state index contributed by atoms with van der Waals surface area (Å²) in [6.45, 7) is -1.58. The minimum atomic E-state index is -3.00. The van der Waals surface area contributed by atoms with E-state index in [0.29, 0.717) is 29.8 Å². The normalized spacial score (nSPS) is 19.5. The van der Waals surface area contributed by atoms with Crippen LogP contribution in [0.1, 0.15) is 29.6 Å². The number of hydrogen-bond acceptors (Lipinski definition) is 4. The van der Waals surface area contributed by atoms with Crippen LogP contribution >= 0.6 is 11.6 Å². The maximum atomic E-state index is 12.5. The summed E-state index contributed by atoms with van der Waals surface area (Å²) in [7, 11) is 0. The number of nitrogens with one attached hydrogen (secondary N) is 1. The fourth-order valence-corrected chi connectivity index (χ4v) is 3.56. The molecule has 1 saturated heterocycles. The number of aromatic nitrogens is 1. The van der Waals surface area contributed by atoms with E-state index in [4.69, 9.17) is 11.6 Å². The molecule has 1 aromatic heterocycles. The molecule has 2 heterocycles. The van der Waals surface area contributed by atoms with Crippen molar-refractivity contribution in [3.63, 3.8) is 0 Å². The number of rotatable bonds is 6. The average molecular weight is 410 g/mol. The fraction of sp³-hybridized carbons (Fsp3) is 0.421. The van der Waals surface area contributed by atoms with E-state index in [9.17, 15) is 18.4 Å². The fourth-order valence-electron chi connectivity index (χ4n) is 3.35. The molecule has 2 amide bonds. The van der Waals surface area contributed by atoms with Gasteiger partial charge < -0.3 is 15.0 Å². The molecule has 2 fully saturated rings. The van der Waals surface area contributed by atoms with Crippen LogP contribution in [0.15, 0.2) is 24.4 Å². The maximum absolute atomic E-state index is 12.5. The van der Waals surface area contributed by atoms with Gasteiger partial charge in [0, 0.05) is 30.7 Å². The van der Waals surface area contributed by atoms with Crippen LogP contribution in [0.4, 0.5) is 8.78 Å². The van der Waals surface area contributed by atoms with Crippen molar-refractivity contribution in [3.8, 4) is 5.75 Å². The third kappa shape index (κ3) is 4.01. The molecular formula is C19H18ClF2N3O3. The van der Waals surface area contributed by atoms with Gasteiger partial charge in [-0.3, -0.25) is 14.6 Å². The van der Waals surface area contributed by atoms with Crippen LogP contribution in [0.2, 0.25) is 5.02 Å². The zero-order chi connectivity index (χ0) is 19.8. The molecule has 28 heavy (non-hydrogen) atoms. The van der Waals surface area contributed by atoms with Gasteiger partial charge in [0.25, 0.3) is 5.91 Å². The summed E-state index contributed by atoms with van der Waals surface area (Å²) in [5.41, 5.74) is 0.628. The molecule has 2 aliphatic rings. The van der Waals surface area contributed by atoms with Gasteiger partial charge in [0.1, 0.15) is 11.8 Å². The van der Waals surface area contributed by atoms with Crippen molar-refractivity contribution in [3.05, 3.63) is 35.0 Å². The van der Waals surface area contributed by atoms with Gasteiger partial charge in [-0.15, -0.1) is 0 Å². The minimum absolute atomic E-state index is 0.00570. The minimum Gasteiger partial charge on any atom is -0.433 e. The SMILES string of the molecule is O=C(N[C@H]1CCN(CC2CC2)C1=O)c1cnc2cc(OC(F)F)c(Cl)cc2c1. The molecule has 1 aliphatic heterocycles. The number of halogens is 3. The second-order valence-electron chi connectivity index (χ2n) is 7.12. The quantitative estimate of drug-likeness (QED) is 0.795. The van der Waals surface area contributed by atoms with E-state index in [1.807, 2.05) is 4.90 Å². The van der Waals surface area contributed by atoms with Gasteiger partial charge >= 0.3 is 6.61 Å². The molecule has 0 unspecified atom stereocenters. The summed E-state index contributed by atoms with van der Waals surface area (Å²) in [4.78, 5) is 30.9. The number of nitrogens with zero attached hydrogens (tertiary/aromatic N) is 2. The van der Waals surface area contributed by atoms with Crippen LogP contribution in [-0.4, -0.2) is 47.4 Å². The van der Waals surface area contributed by atoms with E-state index in [1.54, 1.807) is 6.07 Å². The Balaban J connectivity index is 1.47. The lowest BCUT2D eigenvalue weighted by Crippen LogP contribution is -2.42. The van der Waals surface area contributed by atoms with Gasteiger partial charge in [-0.25, -0.2) is 0 Å². The smallest absolute Gasteiger partial charge is 0.387 e. The summed E-state index contributed by atoms with van der Waals surface area (Å²) in [5.74, 6) is -0.0381. The zero-order valence-corrected chi connectivity index (χ0v) is 15.6. The van der Waals surface area contributed by atoms with Gasteiger partial charge in [0.15, 0.2) is 0 Å². The van der Waals surface area contributed by atoms with Crippen LogP contribution in [0, 0.1) is 5.92 Å². The average Bonchev–Trinajstić information content (AvgIpc) is 3.41. The van der Waals surface area contributed by atoms with Gasteiger partial charge in [-0.1, -0.05) is 11.6 Å². The number of benzene rings is 1. The summed E-state index contributed by atoms with van der Waals surface area (Å²) in [6, 6.07) is 3.72. The summed E-state index contributed by atoms with van der Waals surface area (Å²) >= 11 is 5.96. The third-order valence-electron chi connectivity index (χ3n) is 4.99. The first-order chi connectivity index (χ1) is 13.4. The third-order valence-corrected chi connectivity index (χ3v) is 5.29. The molecule has 1 atom stereocenters. The number of hydrogen-bond donors (Lipinski definition) is 1. The standard InChI is InChI=1S/C19H18ClF2N3O3/c20-13-6-11-5-12(8-23-15(11)7-16(13)28-19(21)22)17(26)24-14-3-4-25(18(14)27)9-10-1-2-10/h5-8,10,14,19H,1-4,9H2,(H,24,26)/t14-/m0/s1. The van der Waals surface area contributed by atoms with E-state index >= 15 is 0 Å². The molecule has 0 spiro atoms. The largest absolute Gasteiger partial charge is 0.433 e. The number of carbonyl (C=O) groups excluding carboxylic acids is 2. The van der Waals surface area contributed by atoms with Crippen molar-refractivity contribution < 1.29 is 23.1 Å². The molecule has 1 N–H and O–H groups in total. The molecule has 0 bridgehead atoms. The van der Waals surface area contributed by atoms with Gasteiger partial charge in [-0.2, -0.15) is 8.78 Å². The molecule has 1 aromatic carbocycles. The topological polar surface area (TPSA) is 71.5 Å². The van der Waals surface area contributed by atoms with Crippen molar-refractivity contribution in [1.82, 2.24) is 15.2 Å². The molecule has 9 heteroatoms. The highest BCUT2D eigenvalue weighted by molar-refractivity contribution is 6.32. The van der Waals surface area contributed by atoms with Crippen LogP contribution in [0.25, 0.3) is 10.9 Å². The van der Waals surface area contributed by atoms with Crippen molar-refractivity contribution >= 4 is 34.3 Å². The van der Waals surface area contributed by atoms with E-state index in [2.05, 4.69) is 15.0 Å². The number of fused-ring (bicyclic) bond motifs is 1. The second kappa shape index (κ2) is 7.50. The van der Waals surface area contributed by atoms with E-state index in [1.165, 1.54) is 18.3 Å². The summed E-state index contributed by atoms with van der Waals surface area (Å²) in [6.07, 6.45) is 4.24. The van der Waals surface area contributed by atoms with E-state index < -0.39 is 18.6 Å². The van der Waals surface area contributed by atoms with Crippen molar-refractivity contribution in [2.24, 2.45) is 5.92 Å². The number of likely N-dealkylation sites (tertiary alicyclic amines) is 1. The molecule has 2 aromatic rings. The van der Waals surface area contributed by atoms with Crippen LogP contribution in [0.5, 0.6) is 5.75 Å².